The first-order valence-corrected chi connectivity index (χ1v) is 6.85. The third kappa shape index (κ3) is 3.90. The van der Waals surface area contributed by atoms with E-state index in [1.807, 2.05) is 0 Å². The van der Waals surface area contributed by atoms with E-state index in [2.05, 4.69) is 5.32 Å². The van der Waals surface area contributed by atoms with Crippen molar-refractivity contribution >= 4 is 34.1 Å². The molecule has 0 saturated heterocycles. The van der Waals surface area contributed by atoms with E-state index in [0.717, 1.165) is 11.3 Å². The molecule has 7 heteroatoms. The molecule has 0 aliphatic heterocycles. The highest BCUT2D eigenvalue weighted by Gasteiger charge is 2.14. The van der Waals surface area contributed by atoms with Crippen LogP contribution in [0, 0.1) is 0 Å². The predicted molar refractivity (Wildman–Crippen MR) is 78.2 cm³/mol. The van der Waals surface area contributed by atoms with Crippen molar-refractivity contribution in [2.24, 2.45) is 5.73 Å². The van der Waals surface area contributed by atoms with E-state index in [0.29, 0.717) is 10.6 Å². The molecule has 0 radical (unpaired) electrons. The van der Waals surface area contributed by atoms with E-state index >= 15 is 0 Å². The Morgan fingerprint density at radius 3 is 2.52 bits per heavy atom. The predicted octanol–water partition coefficient (Wildman–Crippen LogP) is 1.64. The van der Waals surface area contributed by atoms with Crippen molar-refractivity contribution in [2.75, 3.05) is 11.9 Å². The molecule has 0 saturated carbocycles. The Kier molecular flexibility index (Phi) is 4.68. The number of carbonyl (C=O) groups is 3. The van der Waals surface area contributed by atoms with Crippen LogP contribution in [0.5, 0.6) is 0 Å². The van der Waals surface area contributed by atoms with Crippen LogP contribution >= 0.6 is 11.3 Å². The number of hydrogen-bond acceptors (Lipinski definition) is 5. The van der Waals surface area contributed by atoms with Crippen LogP contribution in [0.25, 0.3) is 0 Å². The zero-order chi connectivity index (χ0) is 15.2. The molecule has 1 aromatic heterocycles. The maximum Gasteiger partial charge on any atom is 0.338 e. The summed E-state index contributed by atoms with van der Waals surface area (Å²) in [6.07, 6.45) is 0. The van der Waals surface area contributed by atoms with Crippen molar-refractivity contribution in [3.05, 3.63) is 52.9 Å². The van der Waals surface area contributed by atoms with Crippen molar-refractivity contribution < 1.29 is 19.1 Å². The van der Waals surface area contributed by atoms with Crippen molar-refractivity contribution in [2.45, 2.75) is 0 Å². The monoisotopic (exact) mass is 304 g/mol. The van der Waals surface area contributed by atoms with Gasteiger partial charge in [0.2, 0.25) is 0 Å². The SMILES string of the molecule is NC(=O)c1ccsc1NC(=O)COC(=O)c1ccccc1. The molecule has 2 amide bonds. The van der Waals surface area contributed by atoms with Crippen LogP contribution in [0.1, 0.15) is 20.7 Å². The maximum absolute atomic E-state index is 11.7. The van der Waals surface area contributed by atoms with E-state index in [-0.39, 0.29) is 5.56 Å². The van der Waals surface area contributed by atoms with Gasteiger partial charge in [0.25, 0.3) is 11.8 Å². The second-order valence-electron chi connectivity index (χ2n) is 4.02. The molecule has 108 valence electrons. The molecule has 0 spiro atoms. The van der Waals surface area contributed by atoms with Gasteiger partial charge in [0.05, 0.1) is 11.1 Å². The summed E-state index contributed by atoms with van der Waals surface area (Å²) in [7, 11) is 0. The zero-order valence-corrected chi connectivity index (χ0v) is 11.7. The lowest BCUT2D eigenvalue weighted by atomic mass is 10.2. The summed E-state index contributed by atoms with van der Waals surface area (Å²) in [5, 5.41) is 4.45. The number of carbonyl (C=O) groups excluding carboxylic acids is 3. The van der Waals surface area contributed by atoms with Crippen LogP contribution in [0.3, 0.4) is 0 Å². The number of nitrogens with one attached hydrogen (secondary N) is 1. The number of amides is 2. The average Bonchev–Trinajstić information content (AvgIpc) is 2.94. The second kappa shape index (κ2) is 6.67. The first kappa shape index (κ1) is 14.7. The number of esters is 1. The number of thiophene rings is 1. The summed E-state index contributed by atoms with van der Waals surface area (Å²) in [5.74, 6) is -1.76. The lowest BCUT2D eigenvalue weighted by molar-refractivity contribution is -0.119. The van der Waals surface area contributed by atoms with Gasteiger partial charge in [0, 0.05) is 0 Å². The zero-order valence-electron chi connectivity index (χ0n) is 10.9. The van der Waals surface area contributed by atoms with Crippen molar-refractivity contribution in [1.82, 2.24) is 0 Å². The number of anilines is 1. The molecule has 0 aliphatic carbocycles. The largest absolute Gasteiger partial charge is 0.452 e. The Balaban J connectivity index is 1.89. The van der Waals surface area contributed by atoms with Gasteiger partial charge >= 0.3 is 5.97 Å². The van der Waals surface area contributed by atoms with Crippen molar-refractivity contribution in [3.8, 4) is 0 Å². The van der Waals surface area contributed by atoms with Gasteiger partial charge < -0.3 is 15.8 Å². The minimum atomic E-state index is -0.632. The van der Waals surface area contributed by atoms with E-state index in [1.165, 1.54) is 6.07 Å². The van der Waals surface area contributed by atoms with E-state index in [4.69, 9.17) is 10.5 Å². The summed E-state index contributed by atoms with van der Waals surface area (Å²) in [6.45, 7) is -0.441. The van der Waals surface area contributed by atoms with Crippen molar-refractivity contribution in [1.29, 1.82) is 0 Å². The van der Waals surface area contributed by atoms with Crippen molar-refractivity contribution in [3.63, 3.8) is 0 Å². The average molecular weight is 304 g/mol. The highest BCUT2D eigenvalue weighted by Crippen LogP contribution is 2.22. The fraction of sp³-hybridized carbons (Fsp3) is 0.0714. The van der Waals surface area contributed by atoms with E-state index in [1.54, 1.807) is 35.7 Å². The molecule has 0 bridgehead atoms. The van der Waals surface area contributed by atoms with Crippen LogP contribution in [-0.2, 0) is 9.53 Å². The first-order valence-electron chi connectivity index (χ1n) is 5.97. The summed E-state index contributed by atoms with van der Waals surface area (Å²) in [5.41, 5.74) is 5.75. The topological polar surface area (TPSA) is 98.5 Å². The number of hydrogen-bond donors (Lipinski definition) is 2. The van der Waals surface area contributed by atoms with E-state index < -0.39 is 24.4 Å². The Morgan fingerprint density at radius 1 is 1.14 bits per heavy atom. The van der Waals surface area contributed by atoms with Crippen LogP contribution in [-0.4, -0.2) is 24.4 Å². The first-order chi connectivity index (χ1) is 10.1. The Bertz CT molecular complexity index is 667. The standard InChI is InChI=1S/C14H12N2O4S/c15-12(18)10-6-7-21-13(10)16-11(17)8-20-14(19)9-4-2-1-3-5-9/h1-7H,8H2,(H2,15,18)(H,16,17). The quantitative estimate of drug-likeness (QED) is 0.820. The van der Waals surface area contributed by atoms with Gasteiger partial charge in [-0.1, -0.05) is 18.2 Å². The Labute approximate surface area is 124 Å². The highest BCUT2D eigenvalue weighted by molar-refractivity contribution is 7.14. The Morgan fingerprint density at radius 2 is 1.86 bits per heavy atom. The summed E-state index contributed by atoms with van der Waals surface area (Å²) in [6, 6.07) is 9.85. The molecule has 21 heavy (non-hydrogen) atoms. The minimum absolute atomic E-state index is 0.225. The molecular weight excluding hydrogens is 292 g/mol. The number of primary amides is 1. The fourth-order valence-electron chi connectivity index (χ4n) is 1.55. The number of rotatable bonds is 5. The van der Waals surface area contributed by atoms with E-state index in [9.17, 15) is 14.4 Å². The molecule has 1 heterocycles. The molecule has 2 rings (SSSR count). The van der Waals surface area contributed by atoms with Gasteiger partial charge in [-0.15, -0.1) is 11.3 Å². The van der Waals surface area contributed by atoms with Gasteiger partial charge in [0.1, 0.15) is 5.00 Å². The minimum Gasteiger partial charge on any atom is -0.452 e. The van der Waals surface area contributed by atoms with Crippen LogP contribution in [0.4, 0.5) is 5.00 Å². The molecule has 2 aromatic rings. The third-order valence-corrected chi connectivity index (χ3v) is 3.36. The molecular formula is C14H12N2O4S. The summed E-state index contributed by atoms with van der Waals surface area (Å²) in [4.78, 5) is 34.4. The van der Waals surface area contributed by atoms with Crippen LogP contribution < -0.4 is 11.1 Å². The van der Waals surface area contributed by atoms with Gasteiger partial charge in [-0.2, -0.15) is 0 Å². The van der Waals surface area contributed by atoms with Gasteiger partial charge in [-0.25, -0.2) is 4.79 Å². The van der Waals surface area contributed by atoms with Gasteiger partial charge in [0.15, 0.2) is 6.61 Å². The molecule has 1 aromatic carbocycles. The van der Waals surface area contributed by atoms with Crippen LogP contribution in [0.15, 0.2) is 41.8 Å². The highest BCUT2D eigenvalue weighted by atomic mass is 32.1. The molecule has 0 atom stereocenters. The lowest BCUT2D eigenvalue weighted by Gasteiger charge is -2.06. The molecule has 6 nitrogen and oxygen atoms in total. The lowest BCUT2D eigenvalue weighted by Crippen LogP contribution is -2.22. The summed E-state index contributed by atoms with van der Waals surface area (Å²) >= 11 is 1.16. The Hall–Kier alpha value is -2.67. The number of nitrogens with two attached hydrogens (primary N) is 1. The second-order valence-corrected chi connectivity index (χ2v) is 4.93. The molecule has 0 aliphatic rings. The third-order valence-electron chi connectivity index (χ3n) is 2.53. The number of ether oxygens (including phenoxy) is 1. The van der Waals surface area contributed by atoms with Crippen LogP contribution in [0.2, 0.25) is 0 Å². The normalized spacial score (nSPS) is 9.90. The molecule has 3 N–H and O–H groups in total. The number of benzene rings is 1. The smallest absolute Gasteiger partial charge is 0.338 e. The van der Waals surface area contributed by atoms with Gasteiger partial charge in [-0.05, 0) is 23.6 Å². The molecule has 0 fully saturated rings. The van der Waals surface area contributed by atoms with Gasteiger partial charge in [-0.3, -0.25) is 9.59 Å². The molecule has 0 unspecified atom stereocenters. The fourth-order valence-corrected chi connectivity index (χ4v) is 2.36. The maximum atomic E-state index is 11.7. The summed E-state index contributed by atoms with van der Waals surface area (Å²) < 4.78 is 4.88.